The lowest BCUT2D eigenvalue weighted by Gasteiger charge is -2.25. The number of rotatable bonds is 6. The molecule has 0 bridgehead atoms. The van der Waals surface area contributed by atoms with Crippen LogP contribution in [0.3, 0.4) is 0 Å². The number of hydrogen-bond donors (Lipinski definition) is 0. The quantitative estimate of drug-likeness (QED) is 0.344. The van der Waals surface area contributed by atoms with Crippen molar-refractivity contribution in [2.45, 2.75) is 19.3 Å². The standard InChI is InChI=1S/C16H17NO6/c1-23-7-6-10-8-13(18)15(14(19)9-10)16(20)11-4-2-3-5-12(11)17(21)22/h2-5,10,15H,6-9H2,1H3. The Balaban J connectivity index is 2.22. The molecule has 1 fully saturated rings. The fourth-order valence-corrected chi connectivity index (χ4v) is 2.83. The molecule has 1 aromatic rings. The second kappa shape index (κ2) is 7.23. The molecule has 23 heavy (non-hydrogen) atoms. The van der Waals surface area contributed by atoms with Gasteiger partial charge in [-0.15, -0.1) is 0 Å². The Hall–Kier alpha value is -2.41. The van der Waals surface area contributed by atoms with Crippen LogP contribution in [0.1, 0.15) is 29.6 Å². The topological polar surface area (TPSA) is 104 Å². The predicted molar refractivity (Wildman–Crippen MR) is 80.1 cm³/mol. The first kappa shape index (κ1) is 17.0. The molecule has 0 spiro atoms. The minimum atomic E-state index is -1.42. The van der Waals surface area contributed by atoms with Crippen molar-refractivity contribution in [2.24, 2.45) is 11.8 Å². The summed E-state index contributed by atoms with van der Waals surface area (Å²) in [4.78, 5) is 47.3. The van der Waals surface area contributed by atoms with Gasteiger partial charge < -0.3 is 4.74 Å². The third-order valence-corrected chi connectivity index (χ3v) is 3.98. The van der Waals surface area contributed by atoms with E-state index in [0.717, 1.165) is 0 Å². The fraction of sp³-hybridized carbons (Fsp3) is 0.438. The monoisotopic (exact) mass is 319 g/mol. The summed E-state index contributed by atoms with van der Waals surface area (Å²) in [5.41, 5.74) is -0.584. The van der Waals surface area contributed by atoms with Crippen molar-refractivity contribution in [3.05, 3.63) is 39.9 Å². The van der Waals surface area contributed by atoms with Gasteiger partial charge in [0.05, 0.1) is 10.5 Å². The van der Waals surface area contributed by atoms with Crippen LogP contribution in [0.25, 0.3) is 0 Å². The van der Waals surface area contributed by atoms with Crippen LogP contribution < -0.4 is 0 Å². The Morgan fingerprint density at radius 1 is 1.26 bits per heavy atom. The fourth-order valence-electron chi connectivity index (χ4n) is 2.83. The molecule has 0 aromatic heterocycles. The number of ether oxygens (including phenoxy) is 1. The van der Waals surface area contributed by atoms with Gasteiger partial charge in [0.15, 0.2) is 17.3 Å². The van der Waals surface area contributed by atoms with Crippen molar-refractivity contribution in [2.75, 3.05) is 13.7 Å². The normalized spacial score (nSPS) is 21.3. The zero-order valence-electron chi connectivity index (χ0n) is 12.7. The van der Waals surface area contributed by atoms with Crippen molar-refractivity contribution in [3.8, 4) is 0 Å². The van der Waals surface area contributed by atoms with Gasteiger partial charge in [-0.3, -0.25) is 24.5 Å². The van der Waals surface area contributed by atoms with E-state index in [1.54, 1.807) is 0 Å². The van der Waals surface area contributed by atoms with Crippen molar-refractivity contribution in [3.63, 3.8) is 0 Å². The van der Waals surface area contributed by atoms with Crippen LogP contribution in [-0.4, -0.2) is 36.0 Å². The average Bonchev–Trinajstić information content (AvgIpc) is 2.52. The molecular formula is C16H17NO6. The summed E-state index contributed by atoms with van der Waals surface area (Å²) in [6, 6.07) is 5.37. The Morgan fingerprint density at radius 3 is 2.43 bits per heavy atom. The summed E-state index contributed by atoms with van der Waals surface area (Å²) in [6.45, 7) is 0.438. The van der Waals surface area contributed by atoms with E-state index >= 15 is 0 Å². The zero-order chi connectivity index (χ0) is 17.0. The molecule has 1 aliphatic rings. The molecule has 0 amide bonds. The van der Waals surface area contributed by atoms with E-state index in [4.69, 9.17) is 4.74 Å². The summed E-state index contributed by atoms with van der Waals surface area (Å²) < 4.78 is 4.94. The molecule has 2 rings (SSSR count). The molecule has 0 atom stereocenters. The highest BCUT2D eigenvalue weighted by Gasteiger charge is 2.41. The number of Topliss-reactive ketones (excluding diaryl/α,β-unsaturated/α-hetero) is 3. The maximum absolute atomic E-state index is 12.5. The first-order chi connectivity index (χ1) is 11.0. The molecule has 1 aliphatic carbocycles. The third-order valence-electron chi connectivity index (χ3n) is 3.98. The van der Waals surface area contributed by atoms with Gasteiger partial charge in [0.1, 0.15) is 5.92 Å². The molecule has 0 aliphatic heterocycles. The molecule has 7 nitrogen and oxygen atoms in total. The van der Waals surface area contributed by atoms with Crippen molar-refractivity contribution in [1.29, 1.82) is 0 Å². The number of nitro groups is 1. The third kappa shape index (κ3) is 3.68. The van der Waals surface area contributed by atoms with E-state index in [2.05, 4.69) is 0 Å². The Labute approximate surface area is 132 Å². The van der Waals surface area contributed by atoms with Crippen molar-refractivity contribution < 1.29 is 24.0 Å². The SMILES string of the molecule is COCCC1CC(=O)C(C(=O)c2ccccc2[N+](=O)[O-])C(=O)C1. The van der Waals surface area contributed by atoms with Crippen molar-refractivity contribution >= 4 is 23.0 Å². The number of nitrogens with zero attached hydrogens (tertiary/aromatic N) is 1. The van der Waals surface area contributed by atoms with E-state index in [1.807, 2.05) is 0 Å². The smallest absolute Gasteiger partial charge is 0.280 e. The van der Waals surface area contributed by atoms with Gasteiger partial charge in [-0.2, -0.15) is 0 Å². The van der Waals surface area contributed by atoms with Gasteiger partial charge >= 0.3 is 0 Å². The van der Waals surface area contributed by atoms with E-state index in [1.165, 1.54) is 31.4 Å². The maximum atomic E-state index is 12.5. The number of benzene rings is 1. The maximum Gasteiger partial charge on any atom is 0.280 e. The molecule has 0 saturated heterocycles. The van der Waals surface area contributed by atoms with E-state index in [9.17, 15) is 24.5 Å². The van der Waals surface area contributed by atoms with Gasteiger partial charge in [0.25, 0.3) is 5.69 Å². The molecule has 0 unspecified atom stereocenters. The highest BCUT2D eigenvalue weighted by Crippen LogP contribution is 2.30. The molecule has 122 valence electrons. The number of nitro benzene ring substituents is 1. The number of carbonyl (C=O) groups is 3. The van der Waals surface area contributed by atoms with Crippen molar-refractivity contribution in [1.82, 2.24) is 0 Å². The van der Waals surface area contributed by atoms with Crippen LogP contribution in [0.2, 0.25) is 0 Å². The van der Waals surface area contributed by atoms with Crippen LogP contribution in [0.5, 0.6) is 0 Å². The van der Waals surface area contributed by atoms with Gasteiger partial charge in [-0.1, -0.05) is 12.1 Å². The Morgan fingerprint density at radius 2 is 1.87 bits per heavy atom. The highest BCUT2D eigenvalue weighted by atomic mass is 16.6. The Bertz CT molecular complexity index is 636. The minimum absolute atomic E-state index is 0.117. The van der Waals surface area contributed by atoms with Crippen LogP contribution in [0.15, 0.2) is 24.3 Å². The first-order valence-electron chi connectivity index (χ1n) is 7.27. The summed E-state index contributed by atoms with van der Waals surface area (Å²) in [6.07, 6.45) is 0.804. The lowest BCUT2D eigenvalue weighted by Crippen LogP contribution is -2.39. The number of methoxy groups -OCH3 is 1. The van der Waals surface area contributed by atoms with E-state index in [0.29, 0.717) is 13.0 Å². The number of hydrogen-bond acceptors (Lipinski definition) is 6. The van der Waals surface area contributed by atoms with E-state index in [-0.39, 0.29) is 30.0 Å². The largest absolute Gasteiger partial charge is 0.385 e. The minimum Gasteiger partial charge on any atom is -0.385 e. The number of para-hydroxylation sites is 1. The second-order valence-corrected chi connectivity index (χ2v) is 5.56. The molecule has 1 aromatic carbocycles. The van der Waals surface area contributed by atoms with E-state index < -0.39 is 28.2 Å². The zero-order valence-corrected chi connectivity index (χ0v) is 12.7. The lowest BCUT2D eigenvalue weighted by molar-refractivity contribution is -0.385. The number of ketones is 3. The number of carbonyl (C=O) groups excluding carboxylic acids is 3. The molecule has 1 saturated carbocycles. The molecular weight excluding hydrogens is 302 g/mol. The molecule has 0 N–H and O–H groups in total. The first-order valence-corrected chi connectivity index (χ1v) is 7.27. The van der Waals surface area contributed by atoms with Gasteiger partial charge in [0, 0.05) is 32.6 Å². The highest BCUT2D eigenvalue weighted by molar-refractivity contribution is 6.26. The summed E-state index contributed by atoms with van der Waals surface area (Å²) in [5, 5.41) is 11.0. The summed E-state index contributed by atoms with van der Waals surface area (Å²) >= 11 is 0. The summed E-state index contributed by atoms with van der Waals surface area (Å²) in [5.74, 6) is -3.27. The van der Waals surface area contributed by atoms with Crippen LogP contribution in [0, 0.1) is 22.0 Å². The van der Waals surface area contributed by atoms with Gasteiger partial charge in [-0.25, -0.2) is 0 Å². The molecule has 0 heterocycles. The van der Waals surface area contributed by atoms with Gasteiger partial charge in [0.2, 0.25) is 0 Å². The Kier molecular flexibility index (Phi) is 5.33. The molecule has 0 radical (unpaired) electrons. The second-order valence-electron chi connectivity index (χ2n) is 5.56. The predicted octanol–water partition coefficient (Wildman–Crippen LogP) is 1.98. The van der Waals surface area contributed by atoms with Crippen LogP contribution in [-0.2, 0) is 14.3 Å². The summed E-state index contributed by atoms with van der Waals surface area (Å²) in [7, 11) is 1.54. The van der Waals surface area contributed by atoms with Crippen LogP contribution in [0.4, 0.5) is 5.69 Å². The molecule has 7 heteroatoms. The lowest BCUT2D eigenvalue weighted by atomic mass is 9.75. The van der Waals surface area contributed by atoms with Gasteiger partial charge in [-0.05, 0) is 18.4 Å². The van der Waals surface area contributed by atoms with Crippen LogP contribution >= 0.6 is 0 Å². The average molecular weight is 319 g/mol.